The van der Waals surface area contributed by atoms with Crippen LogP contribution in [-0.2, 0) is 35.0 Å². The number of ether oxygens (including phenoxy) is 5. The van der Waals surface area contributed by atoms with Crippen LogP contribution in [0.2, 0.25) is 0 Å². The number of hydrogen-bond acceptors (Lipinski definition) is 8. The van der Waals surface area contributed by atoms with Crippen LogP contribution in [0, 0.1) is 17.2 Å². The van der Waals surface area contributed by atoms with E-state index in [0.717, 1.165) is 29.9 Å². The average molecular weight is 679 g/mol. The maximum absolute atomic E-state index is 15.8. The van der Waals surface area contributed by atoms with E-state index in [-0.39, 0.29) is 44.4 Å². The van der Waals surface area contributed by atoms with Gasteiger partial charge in [-0.2, -0.15) is 0 Å². The monoisotopic (exact) mass is 678 g/mol. The van der Waals surface area contributed by atoms with Crippen molar-refractivity contribution in [2.75, 3.05) is 33.0 Å². The lowest BCUT2D eigenvalue weighted by Crippen LogP contribution is -2.47. The molecule has 1 aliphatic heterocycles. The van der Waals surface area contributed by atoms with E-state index in [2.05, 4.69) is 26.1 Å². The minimum absolute atomic E-state index is 0.00461. The summed E-state index contributed by atoms with van der Waals surface area (Å²) in [5, 5.41) is 0. The highest BCUT2D eigenvalue weighted by Gasteiger charge is 2.41. The second-order valence-corrected chi connectivity index (χ2v) is 13.8. The number of carbonyl (C=O) groups is 3. The quantitative estimate of drug-likeness (QED) is 0.0708. The topological polar surface area (TPSA) is 97.4 Å². The molecule has 266 valence electrons. The Bertz CT molecular complexity index is 1480. The van der Waals surface area contributed by atoms with E-state index in [1.54, 1.807) is 26.0 Å². The molecule has 8 nitrogen and oxygen atoms in total. The van der Waals surface area contributed by atoms with Gasteiger partial charge >= 0.3 is 18.1 Å². The largest absolute Gasteiger partial charge is 0.508 e. The zero-order chi connectivity index (χ0) is 35.4. The molecule has 9 heteroatoms. The molecule has 0 atom stereocenters. The normalized spacial score (nSPS) is 18.5. The van der Waals surface area contributed by atoms with E-state index < -0.39 is 23.5 Å². The SMILES string of the molecule is C=C(C)C(=O)OCCCc1cc(-c2ccc(C3CCC(CCCCC)CC3)cc2F)ccc1OCC1(COC(=O)C(=C)C)COC(=O)OC1. The number of hydrogen-bond donors (Lipinski definition) is 0. The smallest absolute Gasteiger partial charge is 0.492 e. The summed E-state index contributed by atoms with van der Waals surface area (Å²) in [7, 11) is 0. The third kappa shape index (κ3) is 10.9. The highest BCUT2D eigenvalue weighted by molar-refractivity contribution is 5.87. The summed E-state index contributed by atoms with van der Waals surface area (Å²) in [4.78, 5) is 35.7. The van der Waals surface area contributed by atoms with Crippen molar-refractivity contribution < 1.29 is 42.5 Å². The van der Waals surface area contributed by atoms with Crippen molar-refractivity contribution in [2.24, 2.45) is 11.3 Å². The van der Waals surface area contributed by atoms with Crippen LogP contribution in [0.3, 0.4) is 0 Å². The number of cyclic esters (lactones) is 2. The third-order valence-corrected chi connectivity index (χ3v) is 9.45. The van der Waals surface area contributed by atoms with Gasteiger partial charge in [-0.1, -0.05) is 64.0 Å². The Balaban J connectivity index is 1.50. The minimum atomic E-state index is -0.956. The molecule has 2 aliphatic rings. The Labute approximate surface area is 290 Å². The number of unbranched alkanes of at least 4 members (excludes halogenated alkanes) is 2. The predicted molar refractivity (Wildman–Crippen MR) is 186 cm³/mol. The van der Waals surface area contributed by atoms with E-state index in [1.807, 2.05) is 18.2 Å². The van der Waals surface area contributed by atoms with E-state index in [9.17, 15) is 14.4 Å². The van der Waals surface area contributed by atoms with Crippen LogP contribution in [0.15, 0.2) is 60.7 Å². The molecule has 2 aromatic rings. The van der Waals surface area contributed by atoms with Crippen LogP contribution in [0.25, 0.3) is 11.1 Å². The molecule has 0 unspecified atom stereocenters. The Morgan fingerprint density at radius 3 is 2.24 bits per heavy atom. The zero-order valence-electron chi connectivity index (χ0n) is 29.3. The first-order valence-electron chi connectivity index (χ1n) is 17.5. The summed E-state index contributed by atoms with van der Waals surface area (Å²) in [5.74, 6) is 0.382. The van der Waals surface area contributed by atoms with Crippen LogP contribution >= 0.6 is 0 Å². The predicted octanol–water partition coefficient (Wildman–Crippen LogP) is 9.05. The standard InChI is InChI=1S/C40H51FO8/c1-6-7-8-10-29-12-14-30(15-13-29)31-16-18-34(35(41)22-31)32-17-19-36(33(21-32)11-9-20-45-37(42)27(2)3)46-23-40(24-47-38(43)28(4)5)25-48-39(44)49-26-40/h16-19,21-22,29-30H,2,4,6-15,20,23-26H2,1,3,5H3. The molecule has 0 N–H and O–H groups in total. The number of benzene rings is 2. The van der Waals surface area contributed by atoms with Crippen LogP contribution in [0.5, 0.6) is 5.75 Å². The summed E-state index contributed by atoms with van der Waals surface area (Å²) in [6.45, 7) is 12.5. The number of esters is 2. The van der Waals surface area contributed by atoms with Crippen molar-refractivity contribution in [1.82, 2.24) is 0 Å². The molecule has 4 rings (SSSR count). The third-order valence-electron chi connectivity index (χ3n) is 9.45. The molecule has 49 heavy (non-hydrogen) atoms. The lowest BCUT2D eigenvalue weighted by molar-refractivity contribution is -0.151. The second kappa shape index (κ2) is 18.0. The Morgan fingerprint density at radius 2 is 1.59 bits per heavy atom. The van der Waals surface area contributed by atoms with Crippen LogP contribution < -0.4 is 4.74 Å². The number of rotatable bonds is 17. The fourth-order valence-corrected chi connectivity index (χ4v) is 6.41. The van der Waals surface area contributed by atoms with E-state index in [4.69, 9.17) is 23.7 Å². The van der Waals surface area contributed by atoms with Gasteiger partial charge in [-0.25, -0.2) is 18.8 Å². The molecule has 0 aromatic heterocycles. The highest BCUT2D eigenvalue weighted by Crippen LogP contribution is 2.39. The molecular formula is C40H51FO8. The van der Waals surface area contributed by atoms with Crippen LogP contribution in [-0.4, -0.2) is 51.1 Å². The van der Waals surface area contributed by atoms with Crippen molar-refractivity contribution in [3.05, 3.63) is 77.6 Å². The molecule has 1 heterocycles. The van der Waals surface area contributed by atoms with Gasteiger partial charge in [-0.15, -0.1) is 0 Å². The molecule has 1 saturated heterocycles. The maximum Gasteiger partial charge on any atom is 0.508 e. The van der Waals surface area contributed by atoms with Crippen LogP contribution in [0.1, 0.15) is 95.6 Å². The number of carbonyl (C=O) groups excluding carboxylic acids is 3. The molecule has 0 bridgehead atoms. The van der Waals surface area contributed by atoms with E-state index >= 15 is 4.39 Å². The zero-order valence-corrected chi connectivity index (χ0v) is 29.3. The molecule has 0 spiro atoms. The van der Waals surface area contributed by atoms with Crippen molar-refractivity contribution in [3.8, 4) is 16.9 Å². The van der Waals surface area contributed by atoms with Gasteiger partial charge in [0.05, 0.1) is 6.61 Å². The summed E-state index contributed by atoms with van der Waals surface area (Å²) < 4.78 is 43.0. The number of aryl methyl sites for hydroxylation is 1. The molecule has 0 amide bonds. The van der Waals surface area contributed by atoms with Crippen molar-refractivity contribution in [2.45, 2.75) is 90.9 Å². The molecule has 2 fully saturated rings. The Hall–Kier alpha value is -4.14. The lowest BCUT2D eigenvalue weighted by atomic mass is 9.77. The van der Waals surface area contributed by atoms with Gasteiger partial charge in [0.2, 0.25) is 0 Å². The molecule has 1 aliphatic carbocycles. The van der Waals surface area contributed by atoms with Crippen LogP contribution in [0.4, 0.5) is 9.18 Å². The summed E-state index contributed by atoms with van der Waals surface area (Å²) in [6.07, 6.45) is 9.90. The maximum atomic E-state index is 15.8. The molecule has 0 radical (unpaired) electrons. The second-order valence-electron chi connectivity index (χ2n) is 13.8. The van der Waals surface area contributed by atoms with Gasteiger partial charge in [-0.05, 0) is 99.1 Å². The Kier molecular flexibility index (Phi) is 13.9. The van der Waals surface area contributed by atoms with Gasteiger partial charge in [0.15, 0.2) is 0 Å². The minimum Gasteiger partial charge on any atom is -0.492 e. The first kappa shape index (κ1) is 37.7. The van der Waals surface area contributed by atoms with Gasteiger partial charge in [0.1, 0.15) is 43.4 Å². The fourth-order valence-electron chi connectivity index (χ4n) is 6.41. The van der Waals surface area contributed by atoms with Crippen molar-refractivity contribution in [3.63, 3.8) is 0 Å². The van der Waals surface area contributed by atoms with E-state index in [1.165, 1.54) is 38.5 Å². The van der Waals surface area contributed by atoms with Gasteiger partial charge in [-0.3, -0.25) is 0 Å². The summed E-state index contributed by atoms with van der Waals surface area (Å²) in [5.41, 5.74) is 2.62. The van der Waals surface area contributed by atoms with Crippen molar-refractivity contribution in [1.29, 1.82) is 0 Å². The summed E-state index contributed by atoms with van der Waals surface area (Å²) >= 11 is 0. The average Bonchev–Trinajstić information content (AvgIpc) is 3.09. The summed E-state index contributed by atoms with van der Waals surface area (Å²) in [6, 6.07) is 11.1. The first-order valence-corrected chi connectivity index (χ1v) is 17.5. The van der Waals surface area contributed by atoms with Gasteiger partial charge in [0.25, 0.3) is 0 Å². The van der Waals surface area contributed by atoms with Gasteiger partial charge < -0.3 is 23.7 Å². The fraction of sp³-hybridized carbons (Fsp3) is 0.525. The molecular weight excluding hydrogens is 627 g/mol. The Morgan fingerprint density at radius 1 is 0.898 bits per heavy atom. The van der Waals surface area contributed by atoms with Crippen molar-refractivity contribution >= 4 is 18.1 Å². The molecule has 2 aromatic carbocycles. The highest BCUT2D eigenvalue weighted by atomic mass is 19.1. The van der Waals surface area contributed by atoms with Gasteiger partial charge in [0, 0.05) is 16.7 Å². The lowest BCUT2D eigenvalue weighted by Gasteiger charge is -2.35. The van der Waals surface area contributed by atoms with E-state index in [0.29, 0.717) is 41.2 Å². The first-order chi connectivity index (χ1) is 23.5. The molecule has 1 saturated carbocycles. The number of halogens is 1.